The molecular formula is C19H24N4O4S. The predicted molar refractivity (Wildman–Crippen MR) is 107 cm³/mol. The number of hydrogen-bond acceptors (Lipinski definition) is 6. The van der Waals surface area contributed by atoms with Gasteiger partial charge in [0.25, 0.3) is 0 Å². The largest absolute Gasteiger partial charge is 0.467 e. The van der Waals surface area contributed by atoms with Crippen LogP contribution in [0.1, 0.15) is 17.7 Å². The second kappa shape index (κ2) is 11.1. The number of aromatic nitrogens is 2. The normalized spacial score (nSPS) is 11.6. The molecule has 0 spiro atoms. The number of primary amides is 1. The number of carbonyl (C=O) groups is 3. The molecule has 150 valence electrons. The van der Waals surface area contributed by atoms with Crippen LogP contribution < -0.4 is 11.1 Å². The van der Waals surface area contributed by atoms with Gasteiger partial charge in [0.1, 0.15) is 6.04 Å². The molecule has 2 amide bonds. The molecule has 0 aliphatic rings. The lowest BCUT2D eigenvalue weighted by atomic mass is 10.1. The molecule has 0 unspecified atom stereocenters. The molecule has 0 radical (unpaired) electrons. The minimum absolute atomic E-state index is 0.128. The second-order valence-electron chi connectivity index (χ2n) is 6.14. The molecule has 1 aromatic carbocycles. The van der Waals surface area contributed by atoms with E-state index in [1.165, 1.54) is 18.9 Å². The average molecular weight is 404 g/mol. The van der Waals surface area contributed by atoms with E-state index in [1.807, 2.05) is 41.1 Å². The minimum Gasteiger partial charge on any atom is -0.467 e. The maximum absolute atomic E-state index is 12.1. The highest BCUT2D eigenvalue weighted by molar-refractivity contribution is 7.99. The number of hydrogen-bond donors (Lipinski definition) is 2. The van der Waals surface area contributed by atoms with Gasteiger partial charge in [-0.05, 0) is 5.56 Å². The van der Waals surface area contributed by atoms with Crippen molar-refractivity contribution in [3.05, 3.63) is 54.1 Å². The van der Waals surface area contributed by atoms with Crippen LogP contribution in [0.5, 0.6) is 0 Å². The monoisotopic (exact) mass is 404 g/mol. The first-order valence-electron chi connectivity index (χ1n) is 8.75. The van der Waals surface area contributed by atoms with E-state index in [4.69, 9.17) is 10.5 Å². The van der Waals surface area contributed by atoms with E-state index >= 15 is 0 Å². The van der Waals surface area contributed by atoms with Crippen LogP contribution in [0.15, 0.2) is 42.9 Å². The van der Waals surface area contributed by atoms with Gasteiger partial charge in [-0.2, -0.15) is 11.8 Å². The van der Waals surface area contributed by atoms with Crippen molar-refractivity contribution in [3.8, 4) is 0 Å². The van der Waals surface area contributed by atoms with Crippen molar-refractivity contribution in [1.82, 2.24) is 14.9 Å². The molecule has 1 heterocycles. The summed E-state index contributed by atoms with van der Waals surface area (Å²) in [6, 6.07) is 9.11. The van der Waals surface area contributed by atoms with Gasteiger partial charge in [0.15, 0.2) is 0 Å². The standard InChI is InChI=1S/C19H24N4O4S/c1-27-19(26)16(22-18(25)12-28-8-7-17(20)24)9-15-11-23(13-21-15)10-14-5-3-2-4-6-14/h2-6,11,13,16H,7-10,12H2,1H3,(H2,20,24)(H,22,25)/t16-/m0/s1. The lowest BCUT2D eigenvalue weighted by Gasteiger charge is -2.15. The number of thioether (sulfide) groups is 1. The summed E-state index contributed by atoms with van der Waals surface area (Å²) in [4.78, 5) is 39.1. The third-order valence-corrected chi connectivity index (χ3v) is 4.81. The Bertz CT molecular complexity index is 794. The van der Waals surface area contributed by atoms with E-state index in [0.717, 1.165) is 5.56 Å². The first-order valence-corrected chi connectivity index (χ1v) is 9.91. The summed E-state index contributed by atoms with van der Waals surface area (Å²) >= 11 is 1.28. The molecule has 1 aromatic heterocycles. The van der Waals surface area contributed by atoms with Crippen LogP contribution in [-0.4, -0.2) is 52.0 Å². The summed E-state index contributed by atoms with van der Waals surface area (Å²) in [5.41, 5.74) is 6.87. The molecule has 1 atom stereocenters. The third-order valence-electron chi connectivity index (χ3n) is 3.85. The molecule has 2 rings (SSSR count). The molecule has 0 saturated heterocycles. The van der Waals surface area contributed by atoms with Gasteiger partial charge in [0.05, 0.1) is 24.9 Å². The topological polar surface area (TPSA) is 116 Å². The molecule has 9 heteroatoms. The number of esters is 1. The molecule has 8 nitrogen and oxygen atoms in total. The Morgan fingerprint density at radius 3 is 2.71 bits per heavy atom. The summed E-state index contributed by atoms with van der Waals surface area (Å²) in [6.45, 7) is 0.666. The summed E-state index contributed by atoms with van der Waals surface area (Å²) in [6.07, 6.45) is 3.97. The van der Waals surface area contributed by atoms with Crippen molar-refractivity contribution >= 4 is 29.5 Å². The Hall–Kier alpha value is -2.81. The smallest absolute Gasteiger partial charge is 0.328 e. The van der Waals surface area contributed by atoms with E-state index in [1.54, 1.807) is 6.33 Å². The fraction of sp³-hybridized carbons (Fsp3) is 0.368. The Kier molecular flexibility index (Phi) is 8.54. The van der Waals surface area contributed by atoms with Gasteiger partial charge in [0, 0.05) is 31.3 Å². The molecule has 0 fully saturated rings. The van der Waals surface area contributed by atoms with E-state index in [9.17, 15) is 14.4 Å². The first kappa shape index (κ1) is 21.5. The molecule has 0 bridgehead atoms. The van der Waals surface area contributed by atoms with Crippen molar-refractivity contribution in [2.45, 2.75) is 25.4 Å². The molecule has 0 aliphatic heterocycles. The molecule has 0 aliphatic carbocycles. The number of rotatable bonds is 11. The predicted octanol–water partition coefficient (Wildman–Crippen LogP) is 0.740. The number of nitrogens with zero attached hydrogens (tertiary/aromatic N) is 2. The molecule has 0 saturated carbocycles. The van der Waals surface area contributed by atoms with Crippen molar-refractivity contribution in [1.29, 1.82) is 0 Å². The van der Waals surface area contributed by atoms with Gasteiger partial charge < -0.3 is 20.4 Å². The summed E-state index contributed by atoms with van der Waals surface area (Å²) < 4.78 is 6.71. The Balaban J connectivity index is 1.90. The van der Waals surface area contributed by atoms with Crippen LogP contribution >= 0.6 is 11.8 Å². The summed E-state index contributed by atoms with van der Waals surface area (Å²) in [5, 5.41) is 2.66. The van der Waals surface area contributed by atoms with Gasteiger partial charge in [-0.3, -0.25) is 9.59 Å². The van der Waals surface area contributed by atoms with Crippen LogP contribution in [0.3, 0.4) is 0 Å². The highest BCUT2D eigenvalue weighted by Gasteiger charge is 2.23. The maximum Gasteiger partial charge on any atom is 0.328 e. The van der Waals surface area contributed by atoms with Gasteiger partial charge >= 0.3 is 5.97 Å². The van der Waals surface area contributed by atoms with Gasteiger partial charge in [-0.1, -0.05) is 30.3 Å². The number of amides is 2. The summed E-state index contributed by atoms with van der Waals surface area (Å²) in [7, 11) is 1.27. The Morgan fingerprint density at radius 1 is 1.29 bits per heavy atom. The zero-order chi connectivity index (χ0) is 20.4. The molecular weight excluding hydrogens is 380 g/mol. The van der Waals surface area contributed by atoms with Crippen LogP contribution in [0, 0.1) is 0 Å². The number of nitrogens with two attached hydrogens (primary N) is 1. The number of imidazole rings is 1. The number of carbonyl (C=O) groups excluding carboxylic acids is 3. The number of nitrogens with one attached hydrogen (secondary N) is 1. The second-order valence-corrected chi connectivity index (χ2v) is 7.24. The van der Waals surface area contributed by atoms with E-state index in [2.05, 4.69) is 10.3 Å². The number of ether oxygens (including phenoxy) is 1. The van der Waals surface area contributed by atoms with Crippen molar-refractivity contribution < 1.29 is 19.1 Å². The first-order chi connectivity index (χ1) is 13.5. The third kappa shape index (κ3) is 7.43. The maximum atomic E-state index is 12.1. The van der Waals surface area contributed by atoms with Crippen LogP contribution in [0.25, 0.3) is 0 Å². The highest BCUT2D eigenvalue weighted by Crippen LogP contribution is 2.08. The van der Waals surface area contributed by atoms with E-state index < -0.39 is 17.9 Å². The van der Waals surface area contributed by atoms with Crippen molar-refractivity contribution in [2.24, 2.45) is 5.73 Å². The summed E-state index contributed by atoms with van der Waals surface area (Å²) in [5.74, 6) is -0.674. The zero-order valence-electron chi connectivity index (χ0n) is 15.7. The number of methoxy groups -OCH3 is 1. The zero-order valence-corrected chi connectivity index (χ0v) is 16.5. The fourth-order valence-corrected chi connectivity index (χ4v) is 3.27. The quantitative estimate of drug-likeness (QED) is 0.421. The molecule has 2 aromatic rings. The molecule has 28 heavy (non-hydrogen) atoms. The van der Waals surface area contributed by atoms with Gasteiger partial charge in [-0.15, -0.1) is 0 Å². The van der Waals surface area contributed by atoms with Gasteiger partial charge in [-0.25, -0.2) is 9.78 Å². The van der Waals surface area contributed by atoms with Crippen molar-refractivity contribution in [2.75, 3.05) is 18.6 Å². The highest BCUT2D eigenvalue weighted by atomic mass is 32.2. The lowest BCUT2D eigenvalue weighted by Crippen LogP contribution is -2.44. The minimum atomic E-state index is -0.825. The SMILES string of the molecule is COC(=O)[C@H](Cc1cn(Cc2ccccc2)cn1)NC(=O)CSCCC(N)=O. The van der Waals surface area contributed by atoms with Crippen LogP contribution in [-0.2, 0) is 32.1 Å². The van der Waals surface area contributed by atoms with Crippen LogP contribution in [0.4, 0.5) is 0 Å². The van der Waals surface area contributed by atoms with Crippen molar-refractivity contribution in [3.63, 3.8) is 0 Å². The van der Waals surface area contributed by atoms with E-state index in [0.29, 0.717) is 18.0 Å². The van der Waals surface area contributed by atoms with Crippen LogP contribution in [0.2, 0.25) is 0 Å². The Morgan fingerprint density at radius 2 is 2.04 bits per heavy atom. The number of benzene rings is 1. The van der Waals surface area contributed by atoms with Gasteiger partial charge in [0.2, 0.25) is 11.8 Å². The fourth-order valence-electron chi connectivity index (χ4n) is 2.51. The Labute approximate surface area is 167 Å². The van der Waals surface area contributed by atoms with E-state index in [-0.39, 0.29) is 24.5 Å². The molecule has 3 N–H and O–H groups in total. The average Bonchev–Trinajstić information content (AvgIpc) is 3.11. The lowest BCUT2D eigenvalue weighted by molar-refractivity contribution is -0.144.